The zero-order valence-corrected chi connectivity index (χ0v) is 20.2. The topological polar surface area (TPSA) is 61.6 Å². The lowest BCUT2D eigenvalue weighted by Gasteiger charge is -2.49. The molecule has 1 N–H and O–H groups in total. The quantitative estimate of drug-likeness (QED) is 0.477. The van der Waals surface area contributed by atoms with Gasteiger partial charge >= 0.3 is 6.18 Å². The van der Waals surface area contributed by atoms with E-state index in [4.69, 9.17) is 4.42 Å². The second kappa shape index (κ2) is 8.92. The van der Waals surface area contributed by atoms with Crippen LogP contribution in [0.1, 0.15) is 55.8 Å². The predicted octanol–water partition coefficient (Wildman–Crippen LogP) is 5.78. The number of hydrogen-bond acceptors (Lipinski definition) is 5. The molecule has 1 amide bonds. The molecule has 1 aromatic carbocycles. The minimum absolute atomic E-state index is 0.0345. The number of nitrogens with zero attached hydrogens (tertiary/aromatic N) is 3. The molecule has 2 saturated heterocycles. The average molecular weight is 513 g/mol. The minimum Gasteiger partial charge on any atom is -0.427 e. The molecule has 3 aliphatic rings. The van der Waals surface area contributed by atoms with Crippen molar-refractivity contribution in [3.05, 3.63) is 35.2 Å². The molecule has 0 bridgehead atoms. The molecule has 3 fully saturated rings. The average Bonchev–Trinajstić information content (AvgIpc) is 3.27. The number of carbonyl (C=O) groups excluding carboxylic acids is 1. The van der Waals surface area contributed by atoms with Gasteiger partial charge in [0.1, 0.15) is 17.9 Å². The third kappa shape index (κ3) is 4.52. The summed E-state index contributed by atoms with van der Waals surface area (Å²) in [7, 11) is 0. The smallest absolute Gasteiger partial charge is 0.396 e. The van der Waals surface area contributed by atoms with E-state index in [1.807, 2.05) is 13.8 Å². The molecular weight excluding hydrogens is 483 g/mol. The first kappa shape index (κ1) is 24.8. The Morgan fingerprint density at radius 1 is 1.08 bits per heavy atom. The van der Waals surface area contributed by atoms with Crippen LogP contribution in [0.2, 0.25) is 0 Å². The number of amides is 1. The van der Waals surface area contributed by atoms with E-state index >= 15 is 0 Å². The van der Waals surface area contributed by atoms with Gasteiger partial charge in [0, 0.05) is 37.3 Å². The molecule has 36 heavy (non-hydrogen) atoms. The van der Waals surface area contributed by atoms with E-state index in [-0.39, 0.29) is 22.8 Å². The maximum absolute atomic E-state index is 14.9. The fraction of sp³-hybridized carbons (Fsp3) is 0.600. The Hall–Kier alpha value is -2.85. The summed E-state index contributed by atoms with van der Waals surface area (Å²) in [5.74, 6) is -2.43. The highest BCUT2D eigenvalue weighted by Crippen LogP contribution is 2.44. The minimum atomic E-state index is -4.63. The van der Waals surface area contributed by atoms with E-state index in [2.05, 4.69) is 10.3 Å². The molecule has 11 heteroatoms. The van der Waals surface area contributed by atoms with Gasteiger partial charge in [-0.3, -0.25) is 4.79 Å². The largest absolute Gasteiger partial charge is 0.427 e. The molecule has 1 aromatic heterocycles. The third-order valence-electron chi connectivity index (χ3n) is 8.16. The van der Waals surface area contributed by atoms with E-state index in [1.165, 1.54) is 0 Å². The standard InChI is InChI=1S/C25H29F5N4O2/c1-3-24(4-2)12-34(13-24)23-32-20(19(36-23)9-25(28,29)30)22(35)31-16-7-17(26)21(18(27)8-16)33-10-14-5-6-15(14)11-33/h7-8,14-15H,3-6,9-13H2,1-2H3,(H,31,35). The van der Waals surface area contributed by atoms with Crippen LogP contribution in [0.3, 0.4) is 0 Å². The molecule has 5 rings (SSSR count). The highest BCUT2D eigenvalue weighted by Gasteiger charge is 2.44. The molecule has 6 nitrogen and oxygen atoms in total. The number of halogens is 5. The van der Waals surface area contributed by atoms with Gasteiger partial charge in [-0.15, -0.1) is 0 Å². The normalized spacial score (nSPS) is 22.8. The number of rotatable bonds is 7. The number of aromatic nitrogens is 1. The Morgan fingerprint density at radius 2 is 1.67 bits per heavy atom. The summed E-state index contributed by atoms with van der Waals surface area (Å²) in [6.07, 6.45) is -2.22. The summed E-state index contributed by atoms with van der Waals surface area (Å²) in [5, 5.41) is 2.29. The van der Waals surface area contributed by atoms with E-state index in [9.17, 15) is 26.7 Å². The molecule has 3 heterocycles. The highest BCUT2D eigenvalue weighted by molar-refractivity contribution is 6.04. The maximum atomic E-state index is 14.9. The third-order valence-corrected chi connectivity index (χ3v) is 8.16. The lowest BCUT2D eigenvalue weighted by atomic mass is 9.75. The molecule has 2 aliphatic heterocycles. The van der Waals surface area contributed by atoms with Crippen molar-refractivity contribution in [1.82, 2.24) is 4.98 Å². The Kier molecular flexibility index (Phi) is 6.15. The van der Waals surface area contributed by atoms with Gasteiger partial charge in [0.2, 0.25) is 0 Å². The summed E-state index contributed by atoms with van der Waals surface area (Å²) < 4.78 is 74.6. The number of oxazole rings is 1. The molecule has 1 saturated carbocycles. The van der Waals surface area contributed by atoms with E-state index in [0.717, 1.165) is 37.8 Å². The van der Waals surface area contributed by atoms with Crippen LogP contribution in [0.25, 0.3) is 0 Å². The van der Waals surface area contributed by atoms with Crippen molar-refractivity contribution in [3.63, 3.8) is 0 Å². The second-order valence-electron chi connectivity index (χ2n) is 10.4. The van der Waals surface area contributed by atoms with Crippen molar-refractivity contribution in [3.8, 4) is 0 Å². The van der Waals surface area contributed by atoms with Crippen LogP contribution in [0.15, 0.2) is 16.5 Å². The Morgan fingerprint density at radius 3 is 2.17 bits per heavy atom. The van der Waals surface area contributed by atoms with Crippen molar-refractivity contribution in [2.75, 3.05) is 41.3 Å². The van der Waals surface area contributed by atoms with Crippen molar-refractivity contribution >= 4 is 23.3 Å². The van der Waals surface area contributed by atoms with E-state index in [0.29, 0.717) is 38.0 Å². The number of carbonyl (C=O) groups is 1. The number of hydrogen-bond donors (Lipinski definition) is 1. The van der Waals surface area contributed by atoms with Gasteiger partial charge in [0.25, 0.3) is 11.9 Å². The van der Waals surface area contributed by atoms with E-state index < -0.39 is 41.6 Å². The number of nitrogens with one attached hydrogen (secondary N) is 1. The van der Waals surface area contributed by atoms with Crippen molar-refractivity contribution in [2.24, 2.45) is 17.3 Å². The molecule has 2 atom stereocenters. The molecule has 0 radical (unpaired) electrons. The van der Waals surface area contributed by atoms with Crippen LogP contribution in [0.4, 0.5) is 39.3 Å². The molecule has 2 unspecified atom stereocenters. The van der Waals surface area contributed by atoms with Gasteiger partial charge in [-0.25, -0.2) is 8.78 Å². The lowest BCUT2D eigenvalue weighted by Crippen LogP contribution is -2.56. The molecule has 196 valence electrons. The van der Waals surface area contributed by atoms with Crippen LogP contribution in [-0.2, 0) is 6.42 Å². The monoisotopic (exact) mass is 512 g/mol. The second-order valence-corrected chi connectivity index (χ2v) is 10.4. The number of fused-ring (bicyclic) bond motifs is 1. The summed E-state index contributed by atoms with van der Waals surface area (Å²) in [6, 6.07) is 1.90. The Labute approximate surface area is 205 Å². The molecular formula is C25H29F5N4O2. The first-order valence-electron chi connectivity index (χ1n) is 12.4. The summed E-state index contributed by atoms with van der Waals surface area (Å²) >= 11 is 0. The van der Waals surface area contributed by atoms with Crippen LogP contribution in [0.5, 0.6) is 0 Å². The van der Waals surface area contributed by atoms with Gasteiger partial charge in [-0.2, -0.15) is 18.2 Å². The number of alkyl halides is 3. The zero-order chi connectivity index (χ0) is 25.8. The lowest BCUT2D eigenvalue weighted by molar-refractivity contribution is -0.130. The van der Waals surface area contributed by atoms with Crippen LogP contribution < -0.4 is 15.1 Å². The van der Waals surface area contributed by atoms with Crippen molar-refractivity contribution in [2.45, 2.75) is 52.1 Å². The Bertz CT molecular complexity index is 1120. The van der Waals surface area contributed by atoms with Gasteiger partial charge in [-0.1, -0.05) is 13.8 Å². The molecule has 2 aromatic rings. The first-order chi connectivity index (χ1) is 17.0. The maximum Gasteiger partial charge on any atom is 0.396 e. The summed E-state index contributed by atoms with van der Waals surface area (Å²) in [6.45, 7) is 6.37. The van der Waals surface area contributed by atoms with Gasteiger partial charge in [0.05, 0.1) is 0 Å². The SMILES string of the molecule is CCC1(CC)CN(c2nc(C(=O)Nc3cc(F)c(N4CC5CCC5C4)c(F)c3)c(CC(F)(F)F)o2)C1. The van der Waals surface area contributed by atoms with Crippen molar-refractivity contribution in [1.29, 1.82) is 0 Å². The van der Waals surface area contributed by atoms with Crippen LogP contribution >= 0.6 is 0 Å². The first-order valence-corrected chi connectivity index (χ1v) is 12.4. The van der Waals surface area contributed by atoms with Crippen molar-refractivity contribution < 1.29 is 31.2 Å². The predicted molar refractivity (Wildman–Crippen MR) is 124 cm³/mol. The van der Waals surface area contributed by atoms with Gasteiger partial charge in [-0.05, 0) is 49.7 Å². The summed E-state index contributed by atoms with van der Waals surface area (Å²) in [4.78, 5) is 20.3. The fourth-order valence-electron chi connectivity index (χ4n) is 5.62. The Balaban J connectivity index is 1.35. The van der Waals surface area contributed by atoms with Crippen LogP contribution in [-0.4, -0.2) is 43.2 Å². The van der Waals surface area contributed by atoms with E-state index in [1.54, 1.807) is 9.80 Å². The zero-order valence-electron chi connectivity index (χ0n) is 20.2. The summed E-state index contributed by atoms with van der Waals surface area (Å²) in [5.41, 5.74) is -0.860. The fourth-order valence-corrected chi connectivity index (χ4v) is 5.62. The molecule has 0 spiro atoms. The van der Waals surface area contributed by atoms with Gasteiger partial charge < -0.3 is 19.5 Å². The number of anilines is 3. The molecule has 1 aliphatic carbocycles. The highest BCUT2D eigenvalue weighted by atomic mass is 19.4. The van der Waals surface area contributed by atoms with Crippen LogP contribution in [0, 0.1) is 28.9 Å². The van der Waals surface area contributed by atoms with Gasteiger partial charge in [0.15, 0.2) is 17.3 Å². The number of benzene rings is 1.